The van der Waals surface area contributed by atoms with E-state index in [9.17, 15) is 10.2 Å². The van der Waals surface area contributed by atoms with Gasteiger partial charge < -0.3 is 20.3 Å². The first-order valence-electron chi connectivity index (χ1n) is 3.88. The molecule has 0 spiro atoms. The van der Waals surface area contributed by atoms with E-state index in [1.807, 2.05) is 0 Å². The van der Waals surface area contributed by atoms with Gasteiger partial charge in [-0.1, -0.05) is 0 Å². The summed E-state index contributed by atoms with van der Waals surface area (Å²) >= 11 is 0. The molecule has 1 heterocycles. The van der Waals surface area contributed by atoms with Crippen LogP contribution in [0.15, 0.2) is 0 Å². The molecule has 0 amide bonds. The van der Waals surface area contributed by atoms with Gasteiger partial charge in [-0.25, -0.2) is 0 Å². The van der Waals surface area contributed by atoms with E-state index in [4.69, 9.17) is 4.74 Å². The molecule has 0 aromatic carbocycles. The van der Waals surface area contributed by atoms with E-state index < -0.39 is 12.2 Å². The Hall–Kier alpha value is -0.160. The number of hydrogen-bond donors (Lipinski definition) is 3. The molecule has 1 aliphatic rings. The fraction of sp³-hybridized carbons (Fsp3) is 1.00. The number of rotatable bonds is 2. The maximum absolute atomic E-state index is 9.35. The molecule has 0 aliphatic carbocycles. The molecule has 0 saturated carbocycles. The molecule has 0 radical (unpaired) electrons. The lowest BCUT2D eigenvalue weighted by atomic mass is 10.0. The highest BCUT2D eigenvalue weighted by Crippen LogP contribution is 2.13. The SMILES string of the molecule is CNCC1OCCC(O)C1O. The quantitative estimate of drug-likeness (QED) is 0.472. The lowest BCUT2D eigenvalue weighted by Gasteiger charge is -2.31. The predicted molar refractivity (Wildman–Crippen MR) is 40.3 cm³/mol. The monoisotopic (exact) mass is 161 g/mol. The molecule has 1 fully saturated rings. The van der Waals surface area contributed by atoms with Gasteiger partial charge in [0, 0.05) is 13.2 Å². The highest BCUT2D eigenvalue weighted by molar-refractivity contribution is 4.81. The van der Waals surface area contributed by atoms with Gasteiger partial charge in [0.25, 0.3) is 0 Å². The van der Waals surface area contributed by atoms with Crippen molar-refractivity contribution < 1.29 is 14.9 Å². The minimum absolute atomic E-state index is 0.260. The summed E-state index contributed by atoms with van der Waals surface area (Å²) in [6, 6.07) is 0. The normalized spacial score (nSPS) is 39.0. The molecule has 3 atom stereocenters. The van der Waals surface area contributed by atoms with Crippen molar-refractivity contribution in [3.63, 3.8) is 0 Å². The Morgan fingerprint density at radius 1 is 1.55 bits per heavy atom. The number of aliphatic hydroxyl groups is 2. The molecule has 66 valence electrons. The largest absolute Gasteiger partial charge is 0.390 e. The zero-order valence-corrected chi connectivity index (χ0v) is 6.66. The first-order valence-corrected chi connectivity index (χ1v) is 3.88. The van der Waals surface area contributed by atoms with Crippen LogP contribution in [-0.2, 0) is 4.74 Å². The summed E-state index contributed by atoms with van der Waals surface area (Å²) in [5.74, 6) is 0. The van der Waals surface area contributed by atoms with Gasteiger partial charge in [0.1, 0.15) is 6.10 Å². The maximum Gasteiger partial charge on any atom is 0.107 e. The van der Waals surface area contributed by atoms with E-state index in [1.165, 1.54) is 0 Å². The van der Waals surface area contributed by atoms with Gasteiger partial charge in [-0.05, 0) is 13.5 Å². The van der Waals surface area contributed by atoms with Gasteiger partial charge in [-0.3, -0.25) is 0 Å². The van der Waals surface area contributed by atoms with Crippen LogP contribution in [0.4, 0.5) is 0 Å². The Morgan fingerprint density at radius 3 is 2.91 bits per heavy atom. The van der Waals surface area contributed by atoms with E-state index in [0.29, 0.717) is 19.6 Å². The number of ether oxygens (including phenoxy) is 1. The third kappa shape index (κ3) is 2.13. The third-order valence-corrected chi connectivity index (χ3v) is 1.93. The van der Waals surface area contributed by atoms with E-state index in [0.717, 1.165) is 0 Å². The van der Waals surface area contributed by atoms with Crippen molar-refractivity contribution in [1.82, 2.24) is 5.32 Å². The molecular weight excluding hydrogens is 146 g/mol. The Morgan fingerprint density at radius 2 is 2.27 bits per heavy atom. The van der Waals surface area contributed by atoms with E-state index in [1.54, 1.807) is 7.05 Å². The summed E-state index contributed by atoms with van der Waals surface area (Å²) in [5.41, 5.74) is 0. The molecule has 4 heteroatoms. The first kappa shape index (κ1) is 8.93. The molecule has 1 rings (SSSR count). The molecule has 0 aromatic heterocycles. The summed E-state index contributed by atoms with van der Waals surface area (Å²) in [5, 5.41) is 21.5. The lowest BCUT2D eigenvalue weighted by molar-refractivity contribution is -0.132. The molecule has 11 heavy (non-hydrogen) atoms. The van der Waals surface area contributed by atoms with E-state index in [2.05, 4.69) is 5.32 Å². The van der Waals surface area contributed by atoms with Crippen LogP contribution < -0.4 is 5.32 Å². The van der Waals surface area contributed by atoms with E-state index in [-0.39, 0.29) is 6.10 Å². The summed E-state index contributed by atoms with van der Waals surface area (Å²) in [6.45, 7) is 1.11. The van der Waals surface area contributed by atoms with Crippen LogP contribution >= 0.6 is 0 Å². The fourth-order valence-corrected chi connectivity index (χ4v) is 1.24. The molecule has 1 saturated heterocycles. The van der Waals surface area contributed by atoms with Crippen LogP contribution in [0.5, 0.6) is 0 Å². The molecule has 3 N–H and O–H groups in total. The van der Waals surface area contributed by atoms with Gasteiger partial charge in [-0.2, -0.15) is 0 Å². The second kappa shape index (κ2) is 4.01. The minimum atomic E-state index is -0.740. The van der Waals surface area contributed by atoms with Crippen molar-refractivity contribution in [2.24, 2.45) is 0 Å². The van der Waals surface area contributed by atoms with Gasteiger partial charge in [-0.15, -0.1) is 0 Å². The highest BCUT2D eigenvalue weighted by Gasteiger charge is 2.30. The Labute approximate surface area is 66.2 Å². The number of nitrogens with one attached hydrogen (secondary N) is 1. The standard InChI is InChI=1S/C7H15NO3/c1-8-4-6-7(10)5(9)2-3-11-6/h5-10H,2-4H2,1H3. The van der Waals surface area contributed by atoms with Gasteiger partial charge in [0.2, 0.25) is 0 Å². The zero-order chi connectivity index (χ0) is 8.27. The van der Waals surface area contributed by atoms with Crippen LogP contribution in [0.25, 0.3) is 0 Å². The number of likely N-dealkylation sites (N-methyl/N-ethyl adjacent to an activating group) is 1. The Kier molecular flexibility index (Phi) is 3.26. The van der Waals surface area contributed by atoms with Gasteiger partial charge in [0.05, 0.1) is 12.2 Å². The summed E-state index contributed by atoms with van der Waals surface area (Å²) < 4.78 is 5.23. The Balaban J connectivity index is 2.38. The van der Waals surface area contributed by atoms with Crippen molar-refractivity contribution in [3.8, 4) is 0 Å². The zero-order valence-electron chi connectivity index (χ0n) is 6.66. The summed E-state index contributed by atoms with van der Waals surface area (Å²) in [4.78, 5) is 0. The number of aliphatic hydroxyl groups excluding tert-OH is 2. The van der Waals surface area contributed by atoms with Crippen molar-refractivity contribution in [1.29, 1.82) is 0 Å². The molecule has 3 unspecified atom stereocenters. The van der Waals surface area contributed by atoms with Crippen molar-refractivity contribution in [2.45, 2.75) is 24.7 Å². The summed E-state index contributed by atoms with van der Waals surface area (Å²) in [7, 11) is 1.79. The van der Waals surface area contributed by atoms with Crippen LogP contribution in [0.1, 0.15) is 6.42 Å². The van der Waals surface area contributed by atoms with Gasteiger partial charge >= 0.3 is 0 Å². The van der Waals surface area contributed by atoms with Crippen molar-refractivity contribution in [3.05, 3.63) is 0 Å². The predicted octanol–water partition coefficient (Wildman–Crippen LogP) is -1.28. The smallest absolute Gasteiger partial charge is 0.107 e. The average molecular weight is 161 g/mol. The molecule has 0 bridgehead atoms. The lowest BCUT2D eigenvalue weighted by Crippen LogP contribution is -2.48. The first-order chi connectivity index (χ1) is 5.25. The number of hydrogen-bond acceptors (Lipinski definition) is 4. The molecule has 1 aliphatic heterocycles. The molecule has 0 aromatic rings. The fourth-order valence-electron chi connectivity index (χ4n) is 1.24. The minimum Gasteiger partial charge on any atom is -0.390 e. The maximum atomic E-state index is 9.35. The summed E-state index contributed by atoms with van der Waals surface area (Å²) in [6.07, 6.45) is -1.09. The van der Waals surface area contributed by atoms with Crippen LogP contribution in [-0.4, -0.2) is 48.7 Å². The third-order valence-electron chi connectivity index (χ3n) is 1.93. The van der Waals surface area contributed by atoms with Gasteiger partial charge in [0.15, 0.2) is 0 Å². The second-order valence-electron chi connectivity index (χ2n) is 2.81. The van der Waals surface area contributed by atoms with E-state index >= 15 is 0 Å². The van der Waals surface area contributed by atoms with Crippen molar-refractivity contribution in [2.75, 3.05) is 20.2 Å². The van der Waals surface area contributed by atoms with Crippen LogP contribution in [0, 0.1) is 0 Å². The Bertz CT molecular complexity index is 118. The second-order valence-corrected chi connectivity index (χ2v) is 2.81. The highest BCUT2D eigenvalue weighted by atomic mass is 16.5. The van der Waals surface area contributed by atoms with Crippen molar-refractivity contribution >= 4 is 0 Å². The van der Waals surface area contributed by atoms with Crippen LogP contribution in [0.2, 0.25) is 0 Å². The molecule has 4 nitrogen and oxygen atoms in total. The average Bonchev–Trinajstić information content (AvgIpc) is 1.99. The molecular formula is C7H15NO3. The van der Waals surface area contributed by atoms with Crippen LogP contribution in [0.3, 0.4) is 0 Å². The topological polar surface area (TPSA) is 61.7 Å².